The molecular formula is C13H18F3N3O. The van der Waals surface area contributed by atoms with Crippen LogP contribution in [0.4, 0.5) is 18.9 Å². The molecule has 1 aromatic carbocycles. The number of halogens is 3. The molecule has 0 saturated carbocycles. The molecule has 0 atom stereocenters. The van der Waals surface area contributed by atoms with Gasteiger partial charge in [-0.2, -0.15) is 13.2 Å². The van der Waals surface area contributed by atoms with E-state index in [9.17, 15) is 13.2 Å². The van der Waals surface area contributed by atoms with Crippen molar-refractivity contribution in [3.05, 3.63) is 29.3 Å². The molecule has 0 bridgehead atoms. The highest BCUT2D eigenvalue weighted by Crippen LogP contribution is 2.33. The van der Waals surface area contributed by atoms with Crippen molar-refractivity contribution in [2.75, 3.05) is 11.4 Å². The Morgan fingerprint density at radius 3 is 2.40 bits per heavy atom. The average Bonchev–Trinajstić information content (AvgIpc) is 2.37. The zero-order chi connectivity index (χ0) is 15.5. The van der Waals surface area contributed by atoms with E-state index in [0.717, 1.165) is 12.1 Å². The number of rotatable bonds is 4. The van der Waals surface area contributed by atoms with Crippen molar-refractivity contribution in [1.82, 2.24) is 0 Å². The molecule has 0 unspecified atom stereocenters. The fourth-order valence-electron chi connectivity index (χ4n) is 2.04. The van der Waals surface area contributed by atoms with E-state index in [1.165, 1.54) is 6.07 Å². The molecule has 1 rings (SSSR count). The summed E-state index contributed by atoms with van der Waals surface area (Å²) in [5, 5.41) is 11.6. The third-order valence-electron chi connectivity index (χ3n) is 2.98. The van der Waals surface area contributed by atoms with Gasteiger partial charge in [0.25, 0.3) is 0 Å². The number of nitrogens with two attached hydrogens (primary N) is 1. The first kappa shape index (κ1) is 16.1. The van der Waals surface area contributed by atoms with Gasteiger partial charge in [-0.25, -0.2) is 0 Å². The molecule has 0 aromatic heterocycles. The van der Waals surface area contributed by atoms with Crippen LogP contribution >= 0.6 is 0 Å². The van der Waals surface area contributed by atoms with Gasteiger partial charge in [-0.05, 0) is 39.0 Å². The summed E-state index contributed by atoms with van der Waals surface area (Å²) in [6.07, 6.45) is -4.47. The van der Waals surface area contributed by atoms with Gasteiger partial charge in [-0.3, -0.25) is 0 Å². The minimum absolute atomic E-state index is 0.0675. The number of hydrogen-bond donors (Lipinski definition) is 2. The molecule has 0 radical (unpaired) electrons. The number of alkyl halides is 3. The monoisotopic (exact) mass is 289 g/mol. The summed E-state index contributed by atoms with van der Waals surface area (Å²) >= 11 is 0. The maximum absolute atomic E-state index is 12.8. The Hall–Kier alpha value is -1.92. The first-order chi connectivity index (χ1) is 9.22. The Labute approximate surface area is 115 Å². The maximum atomic E-state index is 12.8. The molecular weight excluding hydrogens is 271 g/mol. The summed E-state index contributed by atoms with van der Waals surface area (Å²) < 4.78 is 38.3. The second kappa shape index (κ2) is 6.02. The number of anilines is 1. The van der Waals surface area contributed by atoms with E-state index >= 15 is 0 Å². The Bertz CT molecular complexity index is 498. The highest BCUT2D eigenvalue weighted by molar-refractivity contribution is 6.02. The molecule has 1 aromatic rings. The van der Waals surface area contributed by atoms with E-state index < -0.39 is 11.7 Å². The van der Waals surface area contributed by atoms with Crippen molar-refractivity contribution in [3.63, 3.8) is 0 Å². The molecule has 0 fully saturated rings. The topological polar surface area (TPSA) is 61.8 Å². The van der Waals surface area contributed by atoms with Gasteiger partial charge in [0.15, 0.2) is 5.84 Å². The Morgan fingerprint density at radius 2 is 2.00 bits per heavy atom. The maximum Gasteiger partial charge on any atom is 0.416 e. The lowest BCUT2D eigenvalue weighted by Gasteiger charge is -2.29. The van der Waals surface area contributed by atoms with Crippen LogP contribution in [0, 0.1) is 0 Å². The van der Waals surface area contributed by atoms with Crippen LogP contribution in [-0.4, -0.2) is 23.6 Å². The summed E-state index contributed by atoms with van der Waals surface area (Å²) in [4.78, 5) is 1.87. The smallest absolute Gasteiger partial charge is 0.409 e. The van der Waals surface area contributed by atoms with Gasteiger partial charge in [-0.1, -0.05) is 5.16 Å². The number of oxime groups is 1. The fraction of sp³-hybridized carbons (Fsp3) is 0.462. The SMILES string of the molecule is CCN(c1ccc(C(F)(F)F)cc1/C(N)=N/O)C(C)C. The minimum Gasteiger partial charge on any atom is -0.409 e. The number of benzene rings is 1. The number of hydrogen-bond acceptors (Lipinski definition) is 3. The molecule has 20 heavy (non-hydrogen) atoms. The van der Waals surface area contributed by atoms with Crippen LogP contribution < -0.4 is 10.6 Å². The van der Waals surface area contributed by atoms with Crippen LogP contribution in [0.5, 0.6) is 0 Å². The summed E-state index contributed by atoms with van der Waals surface area (Å²) in [6.45, 7) is 6.30. The van der Waals surface area contributed by atoms with E-state index in [-0.39, 0.29) is 17.4 Å². The van der Waals surface area contributed by atoms with Crippen molar-refractivity contribution in [2.24, 2.45) is 10.9 Å². The van der Waals surface area contributed by atoms with Crippen LogP contribution in [-0.2, 0) is 6.18 Å². The van der Waals surface area contributed by atoms with E-state index in [2.05, 4.69) is 5.16 Å². The molecule has 0 spiro atoms. The van der Waals surface area contributed by atoms with E-state index in [0.29, 0.717) is 12.2 Å². The Morgan fingerprint density at radius 1 is 1.40 bits per heavy atom. The van der Waals surface area contributed by atoms with E-state index in [4.69, 9.17) is 10.9 Å². The highest BCUT2D eigenvalue weighted by Gasteiger charge is 2.32. The lowest BCUT2D eigenvalue weighted by molar-refractivity contribution is -0.137. The molecule has 7 heteroatoms. The van der Waals surface area contributed by atoms with Gasteiger partial charge in [0, 0.05) is 23.8 Å². The van der Waals surface area contributed by atoms with Gasteiger partial charge in [-0.15, -0.1) is 0 Å². The lowest BCUT2D eigenvalue weighted by atomic mass is 10.1. The fourth-order valence-corrected chi connectivity index (χ4v) is 2.04. The van der Waals surface area contributed by atoms with Crippen molar-refractivity contribution in [2.45, 2.75) is 33.0 Å². The van der Waals surface area contributed by atoms with Crippen LogP contribution in [0.3, 0.4) is 0 Å². The van der Waals surface area contributed by atoms with Crippen molar-refractivity contribution in [3.8, 4) is 0 Å². The zero-order valence-electron chi connectivity index (χ0n) is 11.6. The normalized spacial score (nSPS) is 12.8. The Kier molecular flexibility index (Phi) is 4.86. The molecule has 0 amide bonds. The largest absolute Gasteiger partial charge is 0.416 e. The summed E-state index contributed by atoms with van der Waals surface area (Å²) in [6, 6.07) is 3.31. The second-order valence-corrected chi connectivity index (χ2v) is 4.59. The molecule has 0 aliphatic rings. The highest BCUT2D eigenvalue weighted by atomic mass is 19.4. The third kappa shape index (κ3) is 3.34. The lowest BCUT2D eigenvalue weighted by Crippen LogP contribution is -2.33. The predicted molar refractivity (Wildman–Crippen MR) is 72.1 cm³/mol. The first-order valence-corrected chi connectivity index (χ1v) is 6.18. The van der Waals surface area contributed by atoms with Gasteiger partial charge in [0.05, 0.1) is 5.56 Å². The minimum atomic E-state index is -4.47. The molecule has 0 heterocycles. The quantitative estimate of drug-likeness (QED) is 0.387. The molecule has 3 N–H and O–H groups in total. The van der Waals surface area contributed by atoms with Crippen molar-refractivity contribution < 1.29 is 18.4 Å². The average molecular weight is 289 g/mol. The van der Waals surface area contributed by atoms with E-state index in [1.54, 1.807) is 0 Å². The van der Waals surface area contributed by atoms with Gasteiger partial charge in [0.1, 0.15) is 0 Å². The van der Waals surface area contributed by atoms with Crippen LogP contribution in [0.25, 0.3) is 0 Å². The first-order valence-electron chi connectivity index (χ1n) is 6.18. The Balaban J connectivity index is 3.46. The van der Waals surface area contributed by atoms with Gasteiger partial charge < -0.3 is 15.8 Å². The molecule has 112 valence electrons. The predicted octanol–water partition coefficient (Wildman–Crippen LogP) is 3.03. The van der Waals surface area contributed by atoms with Crippen molar-refractivity contribution in [1.29, 1.82) is 0 Å². The van der Waals surface area contributed by atoms with E-state index in [1.807, 2.05) is 25.7 Å². The summed E-state index contributed by atoms with van der Waals surface area (Å²) in [7, 11) is 0. The van der Waals surface area contributed by atoms with Crippen LogP contribution in [0.2, 0.25) is 0 Å². The number of nitrogens with zero attached hydrogens (tertiary/aromatic N) is 2. The summed E-state index contributed by atoms with van der Waals surface area (Å²) in [5.41, 5.74) is 5.25. The molecule has 0 saturated heterocycles. The third-order valence-corrected chi connectivity index (χ3v) is 2.98. The van der Waals surface area contributed by atoms with Crippen LogP contribution in [0.1, 0.15) is 31.9 Å². The molecule has 0 aliphatic carbocycles. The number of amidine groups is 1. The molecule has 0 aliphatic heterocycles. The van der Waals surface area contributed by atoms with Gasteiger partial charge >= 0.3 is 6.18 Å². The standard InChI is InChI=1S/C13H18F3N3O/c1-4-19(8(2)3)11-6-5-9(13(14,15)16)7-10(11)12(17)18-20/h5-8,20H,4H2,1-3H3,(H2,17,18). The zero-order valence-corrected chi connectivity index (χ0v) is 11.6. The molecule has 4 nitrogen and oxygen atoms in total. The second-order valence-electron chi connectivity index (χ2n) is 4.59. The van der Waals surface area contributed by atoms with Crippen LogP contribution in [0.15, 0.2) is 23.4 Å². The van der Waals surface area contributed by atoms with Crippen molar-refractivity contribution >= 4 is 11.5 Å². The summed E-state index contributed by atoms with van der Waals surface area (Å²) in [5.74, 6) is -0.342. The van der Waals surface area contributed by atoms with Gasteiger partial charge in [0.2, 0.25) is 0 Å².